The van der Waals surface area contributed by atoms with Gasteiger partial charge in [0.1, 0.15) is 5.82 Å². The molecule has 0 atom stereocenters. The predicted octanol–water partition coefficient (Wildman–Crippen LogP) is 4.59. The first-order chi connectivity index (χ1) is 12.6. The van der Waals surface area contributed by atoms with E-state index in [2.05, 4.69) is 46.8 Å². The highest BCUT2D eigenvalue weighted by molar-refractivity contribution is 6.31. The second-order valence-corrected chi connectivity index (χ2v) is 6.45. The smallest absolute Gasteiger partial charge is 0.251 e. The molecule has 3 aromatic rings. The van der Waals surface area contributed by atoms with Crippen LogP contribution in [0.3, 0.4) is 0 Å². The summed E-state index contributed by atoms with van der Waals surface area (Å²) in [6.07, 6.45) is 1.63. The molecule has 0 fully saturated rings. The molecule has 1 heterocycles. The Morgan fingerprint density at radius 3 is 2.58 bits per heavy atom. The Labute approximate surface area is 158 Å². The van der Waals surface area contributed by atoms with E-state index in [1.54, 1.807) is 18.3 Å². The fourth-order valence-corrected chi connectivity index (χ4v) is 2.69. The van der Waals surface area contributed by atoms with Gasteiger partial charge in [-0.2, -0.15) is 0 Å². The van der Waals surface area contributed by atoms with Gasteiger partial charge in [-0.25, -0.2) is 4.98 Å². The van der Waals surface area contributed by atoms with Crippen molar-refractivity contribution in [2.24, 2.45) is 0 Å². The normalized spacial score (nSPS) is 10.4. The molecule has 1 aromatic heterocycles. The average Bonchev–Trinajstić information content (AvgIpc) is 2.67. The molecule has 5 heteroatoms. The first kappa shape index (κ1) is 18.0. The maximum atomic E-state index is 12.4. The summed E-state index contributed by atoms with van der Waals surface area (Å²) < 4.78 is 0. The summed E-state index contributed by atoms with van der Waals surface area (Å²) in [6.45, 7) is 3.09. The fraction of sp³-hybridized carbons (Fsp3) is 0.143. The maximum Gasteiger partial charge on any atom is 0.251 e. The number of carbonyl (C=O) groups is 1. The van der Waals surface area contributed by atoms with Crippen molar-refractivity contribution in [3.63, 3.8) is 0 Å². The number of nitrogens with zero attached hydrogens (tertiary/aromatic N) is 1. The van der Waals surface area contributed by atoms with Gasteiger partial charge in [-0.1, -0.05) is 59.6 Å². The predicted molar refractivity (Wildman–Crippen MR) is 105 cm³/mol. The molecule has 0 aliphatic heterocycles. The monoisotopic (exact) mass is 365 g/mol. The number of hydrogen-bond acceptors (Lipinski definition) is 3. The van der Waals surface area contributed by atoms with E-state index in [9.17, 15) is 4.79 Å². The van der Waals surface area contributed by atoms with Crippen LogP contribution in [0.4, 0.5) is 5.82 Å². The Hall–Kier alpha value is -2.85. The van der Waals surface area contributed by atoms with Crippen molar-refractivity contribution in [3.8, 4) is 0 Å². The van der Waals surface area contributed by atoms with Gasteiger partial charge >= 0.3 is 0 Å². The number of anilines is 1. The number of amides is 1. The standard InChI is InChI=1S/C21H20ClN3O/c1-15-6-8-16(9-7-15)13-24-20-12-17(10-11-23-20)21(26)25-14-18-4-2-3-5-19(18)22/h2-12H,13-14H2,1H3,(H,23,24)(H,25,26). The zero-order valence-electron chi connectivity index (χ0n) is 14.5. The number of halogens is 1. The molecule has 0 bridgehead atoms. The van der Waals surface area contributed by atoms with E-state index in [0.29, 0.717) is 29.5 Å². The van der Waals surface area contributed by atoms with Gasteiger partial charge in [0.25, 0.3) is 5.91 Å². The highest BCUT2D eigenvalue weighted by Crippen LogP contribution is 2.15. The second kappa shape index (κ2) is 8.50. The molecule has 0 saturated carbocycles. The summed E-state index contributed by atoms with van der Waals surface area (Å²) in [7, 11) is 0. The van der Waals surface area contributed by atoms with Crippen LogP contribution in [0.2, 0.25) is 5.02 Å². The zero-order valence-corrected chi connectivity index (χ0v) is 15.3. The van der Waals surface area contributed by atoms with Crippen molar-refractivity contribution in [2.75, 3.05) is 5.32 Å². The molecule has 0 unspecified atom stereocenters. The molecular formula is C21H20ClN3O. The topological polar surface area (TPSA) is 54.0 Å². The van der Waals surface area contributed by atoms with Crippen molar-refractivity contribution >= 4 is 23.3 Å². The van der Waals surface area contributed by atoms with E-state index < -0.39 is 0 Å². The maximum absolute atomic E-state index is 12.4. The molecule has 132 valence electrons. The largest absolute Gasteiger partial charge is 0.366 e. The molecular weight excluding hydrogens is 346 g/mol. The van der Waals surface area contributed by atoms with Crippen LogP contribution >= 0.6 is 11.6 Å². The van der Waals surface area contributed by atoms with E-state index in [0.717, 1.165) is 11.1 Å². The van der Waals surface area contributed by atoms with Gasteiger partial charge in [-0.15, -0.1) is 0 Å². The summed E-state index contributed by atoms with van der Waals surface area (Å²) in [5, 5.41) is 6.77. The molecule has 26 heavy (non-hydrogen) atoms. The van der Waals surface area contributed by atoms with E-state index in [1.165, 1.54) is 5.56 Å². The van der Waals surface area contributed by atoms with E-state index in [-0.39, 0.29) is 5.91 Å². The molecule has 0 aliphatic rings. The highest BCUT2D eigenvalue weighted by Gasteiger charge is 2.08. The molecule has 2 N–H and O–H groups in total. The summed E-state index contributed by atoms with van der Waals surface area (Å²) in [6, 6.07) is 19.2. The van der Waals surface area contributed by atoms with E-state index in [4.69, 9.17) is 11.6 Å². The molecule has 2 aromatic carbocycles. The Balaban J connectivity index is 1.60. The van der Waals surface area contributed by atoms with Gasteiger partial charge in [0, 0.05) is 29.9 Å². The number of aryl methyl sites for hydroxylation is 1. The van der Waals surface area contributed by atoms with Gasteiger partial charge < -0.3 is 10.6 Å². The van der Waals surface area contributed by atoms with E-state index in [1.807, 2.05) is 24.3 Å². The number of carbonyl (C=O) groups excluding carboxylic acids is 1. The highest BCUT2D eigenvalue weighted by atomic mass is 35.5. The zero-order chi connectivity index (χ0) is 18.4. The first-order valence-corrected chi connectivity index (χ1v) is 8.77. The third-order valence-corrected chi connectivity index (χ3v) is 4.38. The van der Waals surface area contributed by atoms with Crippen LogP contribution < -0.4 is 10.6 Å². The number of rotatable bonds is 6. The SMILES string of the molecule is Cc1ccc(CNc2cc(C(=O)NCc3ccccc3Cl)ccn2)cc1. The number of pyridine rings is 1. The van der Waals surface area contributed by atoms with Crippen molar-refractivity contribution in [3.05, 3.63) is 94.1 Å². The first-order valence-electron chi connectivity index (χ1n) is 8.39. The van der Waals surface area contributed by atoms with Crippen molar-refractivity contribution < 1.29 is 4.79 Å². The lowest BCUT2D eigenvalue weighted by molar-refractivity contribution is 0.0951. The van der Waals surface area contributed by atoms with Crippen LogP contribution in [0, 0.1) is 6.92 Å². The minimum atomic E-state index is -0.161. The molecule has 4 nitrogen and oxygen atoms in total. The van der Waals surface area contributed by atoms with Crippen LogP contribution in [0.25, 0.3) is 0 Å². The molecule has 0 radical (unpaired) electrons. The third-order valence-electron chi connectivity index (χ3n) is 4.01. The van der Waals surface area contributed by atoms with Crippen molar-refractivity contribution in [1.29, 1.82) is 0 Å². The lowest BCUT2D eigenvalue weighted by Crippen LogP contribution is -2.23. The number of nitrogens with one attached hydrogen (secondary N) is 2. The Morgan fingerprint density at radius 1 is 1.04 bits per heavy atom. The fourth-order valence-electron chi connectivity index (χ4n) is 2.49. The summed E-state index contributed by atoms with van der Waals surface area (Å²) in [5.74, 6) is 0.502. The summed E-state index contributed by atoms with van der Waals surface area (Å²) in [5.41, 5.74) is 3.82. The summed E-state index contributed by atoms with van der Waals surface area (Å²) >= 11 is 6.12. The lowest BCUT2D eigenvalue weighted by atomic mass is 10.1. The Morgan fingerprint density at radius 2 is 1.81 bits per heavy atom. The minimum Gasteiger partial charge on any atom is -0.366 e. The van der Waals surface area contributed by atoms with Gasteiger partial charge in [-0.3, -0.25) is 4.79 Å². The van der Waals surface area contributed by atoms with Crippen LogP contribution in [0.15, 0.2) is 66.9 Å². The Bertz CT molecular complexity index is 894. The Kier molecular flexibility index (Phi) is 5.87. The van der Waals surface area contributed by atoms with Crippen LogP contribution in [-0.4, -0.2) is 10.9 Å². The average molecular weight is 366 g/mol. The van der Waals surface area contributed by atoms with Crippen LogP contribution in [-0.2, 0) is 13.1 Å². The quantitative estimate of drug-likeness (QED) is 0.672. The molecule has 0 spiro atoms. The van der Waals surface area contributed by atoms with Crippen LogP contribution in [0.5, 0.6) is 0 Å². The molecule has 0 saturated heterocycles. The number of aromatic nitrogens is 1. The number of benzene rings is 2. The van der Waals surface area contributed by atoms with Crippen LogP contribution in [0.1, 0.15) is 27.0 Å². The van der Waals surface area contributed by atoms with Gasteiger partial charge in [-0.05, 0) is 36.2 Å². The second-order valence-electron chi connectivity index (χ2n) is 6.04. The molecule has 0 aliphatic carbocycles. The molecule has 1 amide bonds. The van der Waals surface area contributed by atoms with Crippen molar-refractivity contribution in [2.45, 2.75) is 20.0 Å². The lowest BCUT2D eigenvalue weighted by Gasteiger charge is -2.09. The third kappa shape index (κ3) is 4.83. The van der Waals surface area contributed by atoms with Crippen molar-refractivity contribution in [1.82, 2.24) is 10.3 Å². The van der Waals surface area contributed by atoms with Gasteiger partial charge in [0.05, 0.1) is 0 Å². The van der Waals surface area contributed by atoms with Gasteiger partial charge in [0.2, 0.25) is 0 Å². The number of hydrogen-bond donors (Lipinski definition) is 2. The minimum absolute atomic E-state index is 0.161. The molecule has 3 rings (SSSR count). The van der Waals surface area contributed by atoms with E-state index >= 15 is 0 Å². The van der Waals surface area contributed by atoms with Gasteiger partial charge in [0.15, 0.2) is 0 Å². The summed E-state index contributed by atoms with van der Waals surface area (Å²) in [4.78, 5) is 16.7.